The van der Waals surface area contributed by atoms with Gasteiger partial charge < -0.3 is 20.7 Å². The Morgan fingerprint density at radius 1 is 1.43 bits per heavy atom. The summed E-state index contributed by atoms with van der Waals surface area (Å²) >= 11 is 0. The normalized spacial score (nSPS) is 15.9. The zero-order chi connectivity index (χ0) is 15.2. The number of anilines is 1. The predicted octanol–water partition coefficient (Wildman–Crippen LogP) is 2.81. The average molecular weight is 291 g/mol. The van der Waals surface area contributed by atoms with E-state index in [9.17, 15) is 4.79 Å². The number of carbonyl (C=O) groups excluding carboxylic acids is 1. The highest BCUT2D eigenvalue weighted by molar-refractivity contribution is 5.89. The van der Waals surface area contributed by atoms with Crippen molar-refractivity contribution in [3.8, 4) is 5.75 Å². The van der Waals surface area contributed by atoms with Gasteiger partial charge in [-0.25, -0.2) is 4.79 Å². The van der Waals surface area contributed by atoms with Crippen molar-refractivity contribution in [3.63, 3.8) is 0 Å². The number of ether oxygens (including phenoxy) is 1. The Balaban J connectivity index is 2.00. The van der Waals surface area contributed by atoms with Gasteiger partial charge in [-0.2, -0.15) is 0 Å². The number of likely N-dealkylation sites (tertiary alicyclic amines) is 1. The van der Waals surface area contributed by atoms with Gasteiger partial charge in [0.05, 0.1) is 6.61 Å². The summed E-state index contributed by atoms with van der Waals surface area (Å²) in [6, 6.07) is 5.57. The molecule has 3 N–H and O–H groups in total. The molecule has 21 heavy (non-hydrogen) atoms. The lowest BCUT2D eigenvalue weighted by Crippen LogP contribution is -2.40. The summed E-state index contributed by atoms with van der Waals surface area (Å²) < 4.78 is 5.51. The first-order valence-corrected chi connectivity index (χ1v) is 7.65. The number of urea groups is 1. The van der Waals surface area contributed by atoms with E-state index in [4.69, 9.17) is 10.5 Å². The quantitative estimate of drug-likeness (QED) is 0.896. The molecule has 1 fully saturated rings. The van der Waals surface area contributed by atoms with Gasteiger partial charge >= 0.3 is 6.03 Å². The summed E-state index contributed by atoms with van der Waals surface area (Å²) in [5, 5.41) is 2.95. The first-order chi connectivity index (χ1) is 10.1. The molecule has 1 aliphatic rings. The second-order valence-corrected chi connectivity index (χ2v) is 5.56. The number of nitrogens with one attached hydrogen (secondary N) is 1. The number of nitrogens with two attached hydrogens (primary N) is 1. The van der Waals surface area contributed by atoms with Crippen LogP contribution in [0.1, 0.15) is 32.3 Å². The first-order valence-electron chi connectivity index (χ1n) is 7.65. The highest BCUT2D eigenvalue weighted by atomic mass is 16.5. The Morgan fingerprint density at radius 2 is 2.14 bits per heavy atom. The maximum Gasteiger partial charge on any atom is 0.321 e. The molecule has 0 aliphatic carbocycles. The van der Waals surface area contributed by atoms with Gasteiger partial charge in [-0.1, -0.05) is 6.92 Å². The summed E-state index contributed by atoms with van der Waals surface area (Å²) in [5.74, 6) is 1.49. The van der Waals surface area contributed by atoms with Gasteiger partial charge in [0.2, 0.25) is 0 Å². The molecule has 1 heterocycles. The number of hydrogen-bond donors (Lipinski definition) is 2. The summed E-state index contributed by atoms with van der Waals surface area (Å²) in [6.45, 7) is 6.81. The molecule has 2 rings (SSSR count). The molecule has 0 radical (unpaired) electrons. The Labute approximate surface area is 126 Å². The molecule has 0 bridgehead atoms. The van der Waals surface area contributed by atoms with Crippen molar-refractivity contribution in [2.24, 2.45) is 11.7 Å². The monoisotopic (exact) mass is 291 g/mol. The third-order valence-electron chi connectivity index (χ3n) is 3.90. The molecule has 1 saturated heterocycles. The highest BCUT2D eigenvalue weighted by Gasteiger charge is 2.20. The lowest BCUT2D eigenvalue weighted by atomic mass is 10.00. The second-order valence-electron chi connectivity index (χ2n) is 5.56. The van der Waals surface area contributed by atoms with E-state index in [0.29, 0.717) is 19.1 Å². The highest BCUT2D eigenvalue weighted by Crippen LogP contribution is 2.23. The molecule has 5 nitrogen and oxygen atoms in total. The first kappa shape index (κ1) is 15.6. The maximum atomic E-state index is 12.2. The fraction of sp³-hybridized carbons (Fsp3) is 0.562. The van der Waals surface area contributed by atoms with Gasteiger partial charge in [0.25, 0.3) is 0 Å². The second kappa shape index (κ2) is 7.31. The van der Waals surface area contributed by atoms with Crippen LogP contribution in [0.15, 0.2) is 18.2 Å². The van der Waals surface area contributed by atoms with Crippen LogP contribution in [0.25, 0.3) is 0 Å². The Hall–Kier alpha value is -1.75. The number of carbonyl (C=O) groups is 1. The summed E-state index contributed by atoms with van der Waals surface area (Å²) in [5.41, 5.74) is 7.41. The van der Waals surface area contributed by atoms with E-state index in [-0.39, 0.29) is 6.03 Å². The minimum Gasteiger partial charge on any atom is -0.494 e. The molecule has 0 aromatic heterocycles. The van der Waals surface area contributed by atoms with Gasteiger partial charge in [-0.3, -0.25) is 0 Å². The molecule has 5 heteroatoms. The molecule has 0 spiro atoms. The SMILES string of the molecule is CCOc1ccc(NC(=O)N2CCC(C)CC2)cc1CN. The number of nitrogens with zero attached hydrogens (tertiary/aromatic N) is 1. The summed E-state index contributed by atoms with van der Waals surface area (Å²) in [7, 11) is 0. The maximum absolute atomic E-state index is 12.2. The molecule has 1 aromatic carbocycles. The number of amides is 2. The average Bonchev–Trinajstić information content (AvgIpc) is 2.49. The van der Waals surface area contributed by atoms with Crippen LogP contribution in [-0.4, -0.2) is 30.6 Å². The Morgan fingerprint density at radius 3 is 2.76 bits per heavy atom. The third-order valence-corrected chi connectivity index (χ3v) is 3.90. The van der Waals surface area contributed by atoms with E-state index in [2.05, 4.69) is 12.2 Å². The predicted molar refractivity (Wildman–Crippen MR) is 84.5 cm³/mol. The van der Waals surface area contributed by atoms with Crippen molar-refractivity contribution < 1.29 is 9.53 Å². The lowest BCUT2D eigenvalue weighted by Gasteiger charge is -2.30. The fourth-order valence-electron chi connectivity index (χ4n) is 2.53. The number of benzene rings is 1. The third kappa shape index (κ3) is 4.11. The molecule has 1 aliphatic heterocycles. The van der Waals surface area contributed by atoms with Crippen LogP contribution in [0, 0.1) is 5.92 Å². The molecular weight excluding hydrogens is 266 g/mol. The van der Waals surface area contributed by atoms with E-state index < -0.39 is 0 Å². The van der Waals surface area contributed by atoms with E-state index >= 15 is 0 Å². The molecular formula is C16H25N3O2. The summed E-state index contributed by atoms with van der Waals surface area (Å²) in [6.07, 6.45) is 2.15. The van der Waals surface area contributed by atoms with Crippen molar-refractivity contribution in [3.05, 3.63) is 23.8 Å². The van der Waals surface area contributed by atoms with Crippen LogP contribution in [0.4, 0.5) is 10.5 Å². The lowest BCUT2D eigenvalue weighted by molar-refractivity contribution is 0.186. The van der Waals surface area contributed by atoms with Gasteiger partial charge in [-0.05, 0) is 43.9 Å². The number of rotatable bonds is 4. The van der Waals surface area contributed by atoms with Crippen LogP contribution in [0.3, 0.4) is 0 Å². The van der Waals surface area contributed by atoms with Crippen LogP contribution < -0.4 is 15.8 Å². The zero-order valence-electron chi connectivity index (χ0n) is 12.9. The van der Waals surface area contributed by atoms with Gasteiger partial charge in [0.1, 0.15) is 5.75 Å². The molecule has 0 saturated carbocycles. The van der Waals surface area contributed by atoms with Gasteiger partial charge in [-0.15, -0.1) is 0 Å². The minimum atomic E-state index is -0.0333. The van der Waals surface area contributed by atoms with E-state index in [0.717, 1.165) is 42.9 Å². The molecule has 1 aromatic rings. The molecule has 0 unspecified atom stereocenters. The molecule has 2 amide bonds. The van der Waals surface area contributed by atoms with Crippen molar-refractivity contribution in [2.45, 2.75) is 33.2 Å². The van der Waals surface area contributed by atoms with Crippen molar-refractivity contribution >= 4 is 11.7 Å². The van der Waals surface area contributed by atoms with Crippen LogP contribution >= 0.6 is 0 Å². The standard InChI is InChI=1S/C16H25N3O2/c1-3-21-15-5-4-14(10-13(15)11-17)18-16(20)19-8-6-12(2)7-9-19/h4-5,10,12H,3,6-9,11,17H2,1-2H3,(H,18,20). The van der Waals surface area contributed by atoms with Crippen molar-refractivity contribution in [1.82, 2.24) is 4.90 Å². The summed E-state index contributed by atoms with van der Waals surface area (Å²) in [4.78, 5) is 14.1. The van der Waals surface area contributed by atoms with E-state index in [1.807, 2.05) is 30.0 Å². The van der Waals surface area contributed by atoms with Gasteiger partial charge in [0.15, 0.2) is 0 Å². The van der Waals surface area contributed by atoms with Crippen LogP contribution in [0.2, 0.25) is 0 Å². The topological polar surface area (TPSA) is 67.6 Å². The minimum absolute atomic E-state index is 0.0333. The Bertz CT molecular complexity index is 482. The smallest absolute Gasteiger partial charge is 0.321 e. The van der Waals surface area contributed by atoms with Crippen LogP contribution in [-0.2, 0) is 6.54 Å². The van der Waals surface area contributed by atoms with Gasteiger partial charge in [0, 0.05) is 30.9 Å². The number of piperidine rings is 1. The van der Waals surface area contributed by atoms with E-state index in [1.54, 1.807) is 0 Å². The fourth-order valence-corrected chi connectivity index (χ4v) is 2.53. The van der Waals surface area contributed by atoms with E-state index in [1.165, 1.54) is 0 Å². The number of hydrogen-bond acceptors (Lipinski definition) is 3. The zero-order valence-corrected chi connectivity index (χ0v) is 12.9. The molecule has 116 valence electrons. The van der Waals surface area contributed by atoms with Crippen LogP contribution in [0.5, 0.6) is 5.75 Å². The largest absolute Gasteiger partial charge is 0.494 e. The molecule has 0 atom stereocenters. The van der Waals surface area contributed by atoms with Crippen molar-refractivity contribution in [1.29, 1.82) is 0 Å². The Kier molecular flexibility index (Phi) is 5.44. The van der Waals surface area contributed by atoms with Crippen molar-refractivity contribution in [2.75, 3.05) is 25.0 Å².